The number of fused-ring (bicyclic) bond motifs is 2. The normalized spacial score (nSPS) is 21.4. The van der Waals surface area contributed by atoms with E-state index in [0.29, 0.717) is 71.0 Å². The van der Waals surface area contributed by atoms with Gasteiger partial charge in [0.25, 0.3) is 5.56 Å². The number of aliphatic hydroxyl groups is 1. The lowest BCUT2D eigenvalue weighted by atomic mass is 9.88. The molecule has 3 aliphatic heterocycles. The maximum atomic E-state index is 15.3. The number of allylic oxidation sites excluding steroid dienone is 1. The molecule has 6 heterocycles. The SMILES string of the molecule is C=CCn1c(=O)c2cnc(Nc3ccc(C4CCN(CC5CCN(c6ccc(NC7CCC(=O)NC7=O)cc6F)CC5)CC4)cc3)nc2n1-c1ccc2c(n1)[C@@](O)(CC)CC2. The Bertz CT molecular complexity index is 2520. The van der Waals surface area contributed by atoms with Crippen LogP contribution in [0.3, 0.4) is 0 Å². The number of hydrogen-bond acceptors (Lipinski definition) is 11. The summed E-state index contributed by atoms with van der Waals surface area (Å²) < 4.78 is 18.5. The van der Waals surface area contributed by atoms with Crippen molar-refractivity contribution in [3.8, 4) is 5.82 Å². The Hall–Kier alpha value is -5.93. The molecule has 0 spiro atoms. The second-order valence-corrected chi connectivity index (χ2v) is 17.0. The highest BCUT2D eigenvalue weighted by Crippen LogP contribution is 2.39. The summed E-state index contributed by atoms with van der Waals surface area (Å²) in [5, 5.41) is 20.4. The maximum Gasteiger partial charge on any atom is 0.278 e. The number of nitrogens with zero attached hydrogens (tertiary/aromatic N) is 7. The van der Waals surface area contributed by atoms with Gasteiger partial charge < -0.3 is 25.5 Å². The largest absolute Gasteiger partial charge is 0.384 e. The molecule has 15 heteroatoms. The van der Waals surface area contributed by atoms with Gasteiger partial charge in [-0.05, 0) is 124 Å². The molecule has 1 aliphatic carbocycles. The highest BCUT2D eigenvalue weighted by Gasteiger charge is 2.37. The molecule has 0 saturated carbocycles. The molecule has 61 heavy (non-hydrogen) atoms. The number of imide groups is 1. The van der Waals surface area contributed by atoms with E-state index >= 15 is 4.39 Å². The number of carbonyl (C=O) groups excluding carboxylic acids is 2. The molecule has 3 saturated heterocycles. The molecule has 5 aromatic rings. The first-order valence-electron chi connectivity index (χ1n) is 21.7. The number of nitrogens with one attached hydrogen (secondary N) is 3. The lowest BCUT2D eigenvalue weighted by Crippen LogP contribution is -2.47. The van der Waals surface area contributed by atoms with Crippen LogP contribution in [-0.2, 0) is 28.2 Å². The number of anilines is 4. The zero-order valence-electron chi connectivity index (χ0n) is 34.6. The molecule has 0 bridgehead atoms. The molecular formula is C46H53FN10O4. The van der Waals surface area contributed by atoms with E-state index in [9.17, 15) is 19.5 Å². The predicted octanol–water partition coefficient (Wildman–Crippen LogP) is 5.90. The number of benzene rings is 2. The summed E-state index contributed by atoms with van der Waals surface area (Å²) in [6, 6.07) is 16.8. The van der Waals surface area contributed by atoms with Crippen molar-refractivity contribution < 1.29 is 19.1 Å². The van der Waals surface area contributed by atoms with Gasteiger partial charge in [0, 0.05) is 43.6 Å². The number of likely N-dealkylation sites (tertiary alicyclic amines) is 1. The highest BCUT2D eigenvalue weighted by atomic mass is 19.1. The number of hydrogen-bond donors (Lipinski definition) is 4. The van der Waals surface area contributed by atoms with Gasteiger partial charge in [0.15, 0.2) is 11.5 Å². The average Bonchev–Trinajstić information content (AvgIpc) is 3.75. The van der Waals surface area contributed by atoms with Crippen molar-refractivity contribution in [3.63, 3.8) is 0 Å². The minimum atomic E-state index is -0.995. The van der Waals surface area contributed by atoms with Gasteiger partial charge in [-0.1, -0.05) is 31.2 Å². The second kappa shape index (κ2) is 16.8. The van der Waals surface area contributed by atoms with Crippen LogP contribution in [0.2, 0.25) is 0 Å². The molecule has 2 aromatic carbocycles. The Morgan fingerprint density at radius 1 is 0.951 bits per heavy atom. The molecule has 2 atom stereocenters. The number of aryl methyl sites for hydroxylation is 1. The van der Waals surface area contributed by atoms with Crippen LogP contribution in [0.4, 0.5) is 27.4 Å². The molecule has 4 N–H and O–H groups in total. The number of carbonyl (C=O) groups is 2. The summed E-state index contributed by atoms with van der Waals surface area (Å²) in [7, 11) is 0. The highest BCUT2D eigenvalue weighted by molar-refractivity contribution is 6.01. The molecule has 3 aromatic heterocycles. The fraction of sp³-hybridized carbons (Fsp3) is 0.435. The minimum absolute atomic E-state index is 0.241. The van der Waals surface area contributed by atoms with Gasteiger partial charge in [-0.3, -0.25) is 19.7 Å². The third-order valence-corrected chi connectivity index (χ3v) is 13.2. The Morgan fingerprint density at radius 2 is 1.72 bits per heavy atom. The first-order valence-corrected chi connectivity index (χ1v) is 21.7. The number of amides is 2. The number of pyridine rings is 1. The predicted molar refractivity (Wildman–Crippen MR) is 233 cm³/mol. The summed E-state index contributed by atoms with van der Waals surface area (Å²) in [5.74, 6) is 0.943. The van der Waals surface area contributed by atoms with Crippen molar-refractivity contribution in [3.05, 3.63) is 106 Å². The van der Waals surface area contributed by atoms with E-state index in [2.05, 4.69) is 61.6 Å². The molecule has 1 unspecified atom stereocenters. The summed E-state index contributed by atoms with van der Waals surface area (Å²) in [5.41, 5.74) is 4.13. The van der Waals surface area contributed by atoms with Crippen LogP contribution in [0.25, 0.3) is 16.9 Å². The van der Waals surface area contributed by atoms with E-state index in [4.69, 9.17) is 9.97 Å². The van der Waals surface area contributed by atoms with Gasteiger partial charge in [0.2, 0.25) is 17.8 Å². The lowest BCUT2D eigenvalue weighted by Gasteiger charge is -2.38. The van der Waals surface area contributed by atoms with E-state index in [-0.39, 0.29) is 36.2 Å². The molecule has 9 rings (SSSR count). The summed E-state index contributed by atoms with van der Waals surface area (Å²) in [6.07, 6.45) is 9.99. The first-order chi connectivity index (χ1) is 29.6. The standard InChI is InChI=1S/C46H53FN10O4/c1-3-21-56-44(60)35-27-48-45(53-42(35)57(56)39-13-7-32-15-20-46(61,4-2)41(32)51-39)50-33-8-5-30(6-9-33)31-18-22-54(23-19-31)28-29-16-24-55(25-17-29)38-12-10-34(26-36(38)47)49-37-11-14-40(58)52-43(37)59/h3,5-10,12-13,26-27,29,31,37,49,61H,1,4,11,14-25,28H2,2H3,(H,48,50,53)(H,52,58,59)/t37?,46-/m1/s1. The quantitative estimate of drug-likeness (QED) is 0.0875. The summed E-state index contributed by atoms with van der Waals surface area (Å²) >= 11 is 0. The van der Waals surface area contributed by atoms with Crippen LogP contribution >= 0.6 is 0 Å². The Balaban J connectivity index is 0.785. The average molecular weight is 829 g/mol. The fourth-order valence-corrected chi connectivity index (χ4v) is 9.64. The van der Waals surface area contributed by atoms with Crippen LogP contribution in [0.1, 0.15) is 81.0 Å². The van der Waals surface area contributed by atoms with Gasteiger partial charge in [0.05, 0.1) is 17.9 Å². The van der Waals surface area contributed by atoms with Gasteiger partial charge in [-0.15, -0.1) is 6.58 Å². The van der Waals surface area contributed by atoms with E-state index < -0.39 is 11.6 Å². The third-order valence-electron chi connectivity index (χ3n) is 13.2. The van der Waals surface area contributed by atoms with E-state index in [1.54, 1.807) is 27.7 Å². The Labute approximate surface area is 353 Å². The lowest BCUT2D eigenvalue weighted by molar-refractivity contribution is -0.133. The monoisotopic (exact) mass is 828 g/mol. The Morgan fingerprint density at radius 3 is 2.44 bits per heavy atom. The molecule has 2 amide bonds. The van der Waals surface area contributed by atoms with Gasteiger partial charge >= 0.3 is 0 Å². The number of piperidine rings is 3. The van der Waals surface area contributed by atoms with Gasteiger partial charge in [-0.2, -0.15) is 4.98 Å². The van der Waals surface area contributed by atoms with Crippen molar-refractivity contribution in [1.82, 2.24) is 34.5 Å². The number of aromatic nitrogens is 5. The van der Waals surface area contributed by atoms with E-state index in [1.165, 1.54) is 11.6 Å². The molecule has 3 fully saturated rings. The van der Waals surface area contributed by atoms with Crippen molar-refractivity contribution in [2.45, 2.75) is 88.8 Å². The Kier molecular flexibility index (Phi) is 11.2. The van der Waals surface area contributed by atoms with Crippen molar-refractivity contribution in [1.29, 1.82) is 0 Å². The van der Waals surface area contributed by atoms with Crippen LogP contribution in [0.15, 0.2) is 78.2 Å². The van der Waals surface area contributed by atoms with Crippen molar-refractivity contribution >= 4 is 45.9 Å². The van der Waals surface area contributed by atoms with E-state index in [1.807, 2.05) is 25.1 Å². The molecular weight excluding hydrogens is 776 g/mol. The van der Waals surface area contributed by atoms with Gasteiger partial charge in [0.1, 0.15) is 22.8 Å². The van der Waals surface area contributed by atoms with E-state index in [0.717, 1.165) is 76.1 Å². The maximum absolute atomic E-state index is 15.3. The molecule has 318 valence electrons. The first kappa shape index (κ1) is 40.5. The molecule has 4 aliphatic rings. The van der Waals surface area contributed by atoms with Crippen LogP contribution in [-0.4, -0.2) is 84.9 Å². The van der Waals surface area contributed by atoms with Crippen molar-refractivity contribution in [2.75, 3.05) is 48.3 Å². The molecule has 14 nitrogen and oxygen atoms in total. The zero-order valence-corrected chi connectivity index (χ0v) is 34.6. The molecule has 0 radical (unpaired) electrons. The topological polar surface area (TPSA) is 163 Å². The second-order valence-electron chi connectivity index (χ2n) is 17.0. The minimum Gasteiger partial charge on any atom is -0.384 e. The smallest absolute Gasteiger partial charge is 0.278 e. The number of halogens is 1. The third kappa shape index (κ3) is 8.16. The number of rotatable bonds is 12. The van der Waals surface area contributed by atoms with Crippen LogP contribution < -0.4 is 26.4 Å². The fourth-order valence-electron chi connectivity index (χ4n) is 9.64. The van der Waals surface area contributed by atoms with Crippen molar-refractivity contribution in [2.24, 2.45) is 5.92 Å². The summed E-state index contributed by atoms with van der Waals surface area (Å²) in [4.78, 5) is 56.0. The summed E-state index contributed by atoms with van der Waals surface area (Å²) in [6.45, 7) is 10.8. The van der Waals surface area contributed by atoms with Crippen LogP contribution in [0, 0.1) is 11.7 Å². The zero-order chi connectivity index (χ0) is 42.3. The van der Waals surface area contributed by atoms with Crippen LogP contribution in [0.5, 0.6) is 0 Å². The van der Waals surface area contributed by atoms with Gasteiger partial charge in [-0.25, -0.2) is 23.7 Å².